The maximum Gasteiger partial charge on any atom is 0.262 e. The molecule has 0 bridgehead atoms. The van der Waals surface area contributed by atoms with Gasteiger partial charge in [-0.15, -0.1) is 0 Å². The van der Waals surface area contributed by atoms with Crippen molar-refractivity contribution < 1.29 is 14.3 Å². The number of ether oxygens (including phenoxy) is 2. The molecular weight excluding hydrogens is 412 g/mol. The zero-order valence-electron chi connectivity index (χ0n) is 20.3. The van der Waals surface area contributed by atoms with E-state index in [2.05, 4.69) is 45.1 Å². The third kappa shape index (κ3) is 6.16. The number of amides is 1. The van der Waals surface area contributed by atoms with E-state index in [0.29, 0.717) is 29.6 Å². The van der Waals surface area contributed by atoms with Gasteiger partial charge in [0.2, 0.25) is 0 Å². The highest BCUT2D eigenvalue weighted by Crippen LogP contribution is 2.31. The van der Waals surface area contributed by atoms with Crippen molar-refractivity contribution in [1.82, 2.24) is 5.32 Å². The molecule has 1 aliphatic carbocycles. The summed E-state index contributed by atoms with van der Waals surface area (Å²) in [4.78, 5) is 12.7. The molecule has 2 aromatic carbocycles. The van der Waals surface area contributed by atoms with Crippen molar-refractivity contribution in [3.63, 3.8) is 0 Å². The SMILES string of the molecule is COc1cc(/C=C(\C#N)C(=O)N[C@@H]2CCCC[C@H]2C)ccc1OCc1c(C)cc(C)cc1C. The summed E-state index contributed by atoms with van der Waals surface area (Å²) < 4.78 is 11.6. The lowest BCUT2D eigenvalue weighted by Gasteiger charge is -2.29. The van der Waals surface area contributed by atoms with Crippen LogP contribution < -0.4 is 14.8 Å². The fourth-order valence-electron chi connectivity index (χ4n) is 4.57. The molecule has 0 heterocycles. The predicted octanol–water partition coefficient (Wildman–Crippen LogP) is 5.80. The zero-order chi connectivity index (χ0) is 24.0. The third-order valence-corrected chi connectivity index (χ3v) is 6.50. The molecule has 2 atom stereocenters. The van der Waals surface area contributed by atoms with Gasteiger partial charge >= 0.3 is 0 Å². The summed E-state index contributed by atoms with van der Waals surface area (Å²) in [6.07, 6.45) is 5.98. The highest BCUT2D eigenvalue weighted by atomic mass is 16.5. The maximum atomic E-state index is 12.7. The summed E-state index contributed by atoms with van der Waals surface area (Å²) in [5.74, 6) is 1.29. The first-order valence-corrected chi connectivity index (χ1v) is 11.6. The lowest BCUT2D eigenvalue weighted by atomic mass is 9.86. The molecule has 0 aliphatic heterocycles. The second-order valence-electron chi connectivity index (χ2n) is 9.09. The number of hydrogen-bond acceptors (Lipinski definition) is 4. The number of nitriles is 1. The molecule has 0 unspecified atom stereocenters. The fourth-order valence-corrected chi connectivity index (χ4v) is 4.57. The number of nitrogens with zero attached hydrogens (tertiary/aromatic N) is 1. The normalized spacial score (nSPS) is 18.4. The molecule has 174 valence electrons. The second-order valence-corrected chi connectivity index (χ2v) is 9.09. The first kappa shape index (κ1) is 24.4. The van der Waals surface area contributed by atoms with E-state index in [4.69, 9.17) is 9.47 Å². The van der Waals surface area contributed by atoms with Gasteiger partial charge in [0.25, 0.3) is 5.91 Å². The molecule has 1 fully saturated rings. The highest BCUT2D eigenvalue weighted by molar-refractivity contribution is 6.01. The van der Waals surface area contributed by atoms with Crippen LogP contribution in [0.1, 0.15) is 60.4 Å². The molecule has 0 spiro atoms. The fraction of sp³-hybridized carbons (Fsp3) is 0.429. The molecule has 1 aliphatic rings. The van der Waals surface area contributed by atoms with Gasteiger partial charge in [-0.1, -0.05) is 43.5 Å². The topological polar surface area (TPSA) is 71.3 Å². The molecular formula is C28H34N2O3. The van der Waals surface area contributed by atoms with E-state index in [-0.39, 0.29) is 17.5 Å². The zero-order valence-corrected chi connectivity index (χ0v) is 20.3. The van der Waals surface area contributed by atoms with Gasteiger partial charge in [0.05, 0.1) is 7.11 Å². The average Bonchev–Trinajstić information content (AvgIpc) is 2.78. The lowest BCUT2D eigenvalue weighted by Crippen LogP contribution is -2.41. The summed E-state index contributed by atoms with van der Waals surface area (Å²) >= 11 is 0. The maximum absolute atomic E-state index is 12.7. The summed E-state index contributed by atoms with van der Waals surface area (Å²) in [7, 11) is 1.58. The molecule has 5 heteroatoms. The Labute approximate surface area is 197 Å². The number of carbonyl (C=O) groups is 1. The molecule has 2 aromatic rings. The van der Waals surface area contributed by atoms with Crippen molar-refractivity contribution in [2.75, 3.05) is 7.11 Å². The van der Waals surface area contributed by atoms with Gasteiger partial charge in [-0.3, -0.25) is 4.79 Å². The van der Waals surface area contributed by atoms with Crippen molar-refractivity contribution in [2.45, 2.75) is 66.0 Å². The van der Waals surface area contributed by atoms with Crippen molar-refractivity contribution in [3.05, 3.63) is 63.7 Å². The molecule has 1 saturated carbocycles. The van der Waals surface area contributed by atoms with E-state index in [9.17, 15) is 10.1 Å². The van der Waals surface area contributed by atoms with Crippen LogP contribution >= 0.6 is 0 Å². The highest BCUT2D eigenvalue weighted by Gasteiger charge is 2.24. The van der Waals surface area contributed by atoms with E-state index < -0.39 is 0 Å². The van der Waals surface area contributed by atoms with E-state index in [1.807, 2.05) is 18.2 Å². The van der Waals surface area contributed by atoms with Crippen LogP contribution in [0.25, 0.3) is 6.08 Å². The number of carbonyl (C=O) groups excluding carboxylic acids is 1. The Hall–Kier alpha value is -3.26. The van der Waals surface area contributed by atoms with Crippen molar-refractivity contribution >= 4 is 12.0 Å². The van der Waals surface area contributed by atoms with Crippen LogP contribution in [0.2, 0.25) is 0 Å². The summed E-state index contributed by atoms with van der Waals surface area (Å²) in [6, 6.07) is 11.9. The van der Waals surface area contributed by atoms with Crippen molar-refractivity contribution in [1.29, 1.82) is 5.26 Å². The van der Waals surface area contributed by atoms with Gasteiger partial charge in [-0.05, 0) is 80.0 Å². The molecule has 1 amide bonds. The molecule has 33 heavy (non-hydrogen) atoms. The Morgan fingerprint density at radius 3 is 2.45 bits per heavy atom. The minimum Gasteiger partial charge on any atom is -0.493 e. The summed E-state index contributed by atoms with van der Waals surface area (Å²) in [5, 5.41) is 12.6. The third-order valence-electron chi connectivity index (χ3n) is 6.50. The van der Waals surface area contributed by atoms with Crippen LogP contribution in [-0.4, -0.2) is 19.1 Å². The van der Waals surface area contributed by atoms with Crippen LogP contribution in [0.5, 0.6) is 11.5 Å². The first-order valence-electron chi connectivity index (χ1n) is 11.6. The van der Waals surface area contributed by atoms with Crippen LogP contribution in [-0.2, 0) is 11.4 Å². The molecule has 1 N–H and O–H groups in total. The Balaban J connectivity index is 1.74. The minimum atomic E-state index is -0.319. The Morgan fingerprint density at radius 2 is 1.82 bits per heavy atom. The van der Waals surface area contributed by atoms with Crippen molar-refractivity contribution in [3.8, 4) is 17.6 Å². The Morgan fingerprint density at radius 1 is 1.12 bits per heavy atom. The lowest BCUT2D eigenvalue weighted by molar-refractivity contribution is -0.118. The van der Waals surface area contributed by atoms with E-state index >= 15 is 0 Å². The Kier molecular flexibility index (Phi) is 8.16. The van der Waals surface area contributed by atoms with Crippen LogP contribution in [0.3, 0.4) is 0 Å². The van der Waals surface area contributed by atoms with E-state index in [1.165, 1.54) is 23.1 Å². The standard InChI is InChI=1S/C28H34N2O3/c1-18-12-20(3)24(21(4)13-18)17-33-26-11-10-22(15-27(26)32-5)14-23(16-29)28(31)30-25-9-7-6-8-19(25)2/h10-15,19,25H,6-9,17H2,1-5H3,(H,30,31)/b23-14+/t19-,25-/m1/s1. The van der Waals surface area contributed by atoms with Crippen LogP contribution in [0, 0.1) is 38.0 Å². The van der Waals surface area contributed by atoms with E-state index in [0.717, 1.165) is 24.8 Å². The van der Waals surface area contributed by atoms with Gasteiger partial charge < -0.3 is 14.8 Å². The van der Waals surface area contributed by atoms with Gasteiger partial charge in [0.15, 0.2) is 11.5 Å². The van der Waals surface area contributed by atoms with Gasteiger partial charge in [-0.25, -0.2) is 0 Å². The van der Waals surface area contributed by atoms with E-state index in [1.54, 1.807) is 19.3 Å². The van der Waals surface area contributed by atoms with Crippen LogP contribution in [0.4, 0.5) is 0 Å². The summed E-state index contributed by atoms with van der Waals surface area (Å²) in [5.41, 5.74) is 5.59. The second kappa shape index (κ2) is 11.0. The first-order chi connectivity index (χ1) is 15.8. The number of nitrogens with one attached hydrogen (secondary N) is 1. The largest absolute Gasteiger partial charge is 0.493 e. The molecule has 0 aromatic heterocycles. The van der Waals surface area contributed by atoms with Gasteiger partial charge in [0.1, 0.15) is 18.2 Å². The number of methoxy groups -OCH3 is 1. The number of rotatable bonds is 7. The number of benzene rings is 2. The quantitative estimate of drug-likeness (QED) is 0.431. The van der Waals surface area contributed by atoms with Gasteiger partial charge in [-0.2, -0.15) is 5.26 Å². The monoisotopic (exact) mass is 446 g/mol. The molecule has 0 radical (unpaired) electrons. The Bertz CT molecular complexity index is 1060. The van der Waals surface area contributed by atoms with Crippen molar-refractivity contribution in [2.24, 2.45) is 5.92 Å². The number of hydrogen-bond donors (Lipinski definition) is 1. The molecule has 5 nitrogen and oxygen atoms in total. The average molecular weight is 447 g/mol. The summed E-state index contributed by atoms with van der Waals surface area (Å²) in [6.45, 7) is 8.86. The number of aryl methyl sites for hydroxylation is 3. The minimum absolute atomic E-state index is 0.0920. The molecule has 0 saturated heterocycles. The predicted molar refractivity (Wildman–Crippen MR) is 131 cm³/mol. The molecule has 3 rings (SSSR count). The smallest absolute Gasteiger partial charge is 0.262 e. The van der Waals surface area contributed by atoms with Gasteiger partial charge in [0, 0.05) is 6.04 Å². The van der Waals surface area contributed by atoms with Crippen LogP contribution in [0.15, 0.2) is 35.9 Å².